The van der Waals surface area contributed by atoms with E-state index in [0.29, 0.717) is 12.0 Å². The summed E-state index contributed by atoms with van der Waals surface area (Å²) in [4.78, 5) is 32.5. The Morgan fingerprint density at radius 2 is 2.11 bits per heavy atom. The van der Waals surface area contributed by atoms with E-state index in [9.17, 15) is 14.6 Å². The molecule has 1 amide bonds. The molecule has 28 heavy (non-hydrogen) atoms. The number of aliphatic hydroxyl groups excluding tert-OH is 1. The maximum absolute atomic E-state index is 12.1. The molecule has 1 saturated heterocycles. The van der Waals surface area contributed by atoms with E-state index in [0.717, 1.165) is 30.7 Å². The van der Waals surface area contributed by atoms with Crippen LogP contribution in [0.4, 0.5) is 0 Å². The SMILES string of the molecule is CC1(C)CC(N2CCCC2=O)c2cc(C#N)ccc2O1.[Na+].[Na+].[O-]P([O-])OCO. The molecule has 1 fully saturated rings. The summed E-state index contributed by atoms with van der Waals surface area (Å²) in [5.74, 6) is 1.01. The molecule has 0 aliphatic carbocycles. The molecule has 1 aromatic rings. The van der Waals surface area contributed by atoms with Gasteiger partial charge in [-0.3, -0.25) is 4.79 Å². The van der Waals surface area contributed by atoms with Crippen LogP contribution < -0.4 is 73.6 Å². The summed E-state index contributed by atoms with van der Waals surface area (Å²) < 4.78 is 9.55. The number of nitriles is 1. The Morgan fingerprint density at radius 1 is 1.43 bits per heavy atom. The number of nitrogens with zero attached hydrogens (tertiary/aromatic N) is 2. The van der Waals surface area contributed by atoms with Crippen molar-refractivity contribution in [3.8, 4) is 11.8 Å². The summed E-state index contributed by atoms with van der Waals surface area (Å²) in [7, 11) is -2.85. The van der Waals surface area contributed by atoms with Gasteiger partial charge in [-0.2, -0.15) is 13.9 Å². The number of likely N-dealkylation sites (tertiary alicyclic amines) is 1. The van der Waals surface area contributed by atoms with Gasteiger partial charge in [0.25, 0.3) is 0 Å². The molecule has 1 aromatic carbocycles. The fourth-order valence-electron chi connectivity index (χ4n) is 3.21. The summed E-state index contributed by atoms with van der Waals surface area (Å²) >= 11 is 0. The minimum atomic E-state index is -2.85. The number of fused-ring (bicyclic) bond motifs is 1. The van der Waals surface area contributed by atoms with Crippen LogP contribution in [0.3, 0.4) is 0 Å². The second-order valence-corrected chi connectivity index (χ2v) is 7.32. The third-order valence-electron chi connectivity index (χ3n) is 4.22. The average Bonchev–Trinajstić information content (AvgIpc) is 2.99. The fraction of sp³-hybridized carbons (Fsp3) is 0.529. The van der Waals surface area contributed by atoms with Gasteiger partial charge in [0.2, 0.25) is 5.91 Å². The number of benzene rings is 1. The van der Waals surface area contributed by atoms with E-state index in [1.807, 2.05) is 30.9 Å². The van der Waals surface area contributed by atoms with Gasteiger partial charge in [0.1, 0.15) is 18.1 Å². The number of aliphatic hydroxyl groups is 1. The normalized spacial score (nSPS) is 19.2. The minimum Gasteiger partial charge on any atom is -0.820 e. The Morgan fingerprint density at radius 3 is 2.57 bits per heavy atom. The Balaban J connectivity index is 0.000000804. The van der Waals surface area contributed by atoms with Gasteiger partial charge in [0.05, 0.1) is 17.7 Å². The van der Waals surface area contributed by atoms with Gasteiger partial charge in [-0.25, -0.2) is 0 Å². The van der Waals surface area contributed by atoms with E-state index in [1.54, 1.807) is 6.07 Å². The Bertz CT molecular complexity index is 699. The van der Waals surface area contributed by atoms with Crippen LogP contribution in [0, 0.1) is 11.3 Å². The van der Waals surface area contributed by atoms with Crippen molar-refractivity contribution in [3.63, 3.8) is 0 Å². The van der Waals surface area contributed by atoms with Crippen molar-refractivity contribution < 1.29 is 88.1 Å². The third kappa shape index (κ3) is 7.82. The number of hydrogen-bond donors (Lipinski definition) is 1. The molecule has 8 nitrogen and oxygen atoms in total. The van der Waals surface area contributed by atoms with Crippen LogP contribution in [0.25, 0.3) is 0 Å². The smallest absolute Gasteiger partial charge is 0.820 e. The zero-order valence-corrected chi connectivity index (χ0v) is 21.6. The molecule has 0 radical (unpaired) electrons. The van der Waals surface area contributed by atoms with E-state index in [4.69, 9.17) is 15.1 Å². The van der Waals surface area contributed by atoms with Gasteiger partial charge in [-0.05, 0) is 38.5 Å². The summed E-state index contributed by atoms with van der Waals surface area (Å²) in [6.45, 7) is 4.12. The van der Waals surface area contributed by atoms with Gasteiger partial charge in [-0.1, -0.05) is 0 Å². The minimum absolute atomic E-state index is 0. The van der Waals surface area contributed by atoms with Gasteiger partial charge in [0, 0.05) is 24.9 Å². The first-order chi connectivity index (χ1) is 12.3. The van der Waals surface area contributed by atoms with Crippen LogP contribution in [-0.4, -0.2) is 34.9 Å². The molecule has 2 aliphatic heterocycles. The molecular weight excluding hydrogens is 405 g/mol. The molecule has 1 N–H and O–H groups in total. The van der Waals surface area contributed by atoms with Gasteiger partial charge >= 0.3 is 59.1 Å². The molecule has 142 valence electrons. The molecule has 0 spiro atoms. The fourth-order valence-corrected chi connectivity index (χ4v) is 3.30. The van der Waals surface area contributed by atoms with Crippen molar-refractivity contribution >= 4 is 14.5 Å². The molecule has 2 heterocycles. The maximum Gasteiger partial charge on any atom is 1.00 e. The number of rotatable bonds is 3. The zero-order valence-electron chi connectivity index (χ0n) is 16.7. The third-order valence-corrected chi connectivity index (χ3v) is 4.54. The summed E-state index contributed by atoms with van der Waals surface area (Å²) in [6, 6.07) is 7.66. The van der Waals surface area contributed by atoms with Gasteiger partial charge in [-0.15, -0.1) is 0 Å². The van der Waals surface area contributed by atoms with Gasteiger partial charge in [0.15, 0.2) is 0 Å². The number of carbonyl (C=O) groups excluding carboxylic acids is 1. The first-order valence-corrected chi connectivity index (χ1v) is 9.27. The van der Waals surface area contributed by atoms with E-state index in [1.165, 1.54) is 0 Å². The summed E-state index contributed by atoms with van der Waals surface area (Å²) in [6.07, 6.45) is 2.32. The van der Waals surface area contributed by atoms with Crippen LogP contribution in [-0.2, 0) is 9.32 Å². The number of carbonyl (C=O) groups is 1. The van der Waals surface area contributed by atoms with Crippen molar-refractivity contribution in [1.82, 2.24) is 4.90 Å². The standard InChI is InChI=1S/C16H18N2O2.CH3O4P.2Na/c1-16(2)9-13(18-7-3-4-15(18)19)12-8-11(10-17)5-6-14(12)20-16;2-1-5-6(3)4;;/h5-6,8,13H,3-4,7,9H2,1-2H3;2H,1H2;;/q;-2;2*+1. The monoisotopic (exact) mass is 426 g/mol. The van der Waals surface area contributed by atoms with Gasteiger partial charge < -0.3 is 29.1 Å². The zero-order chi connectivity index (χ0) is 19.3. The molecule has 11 heteroatoms. The Hall–Kier alpha value is 0.250. The predicted octanol–water partition coefficient (Wildman–Crippen LogP) is -5.31. The quantitative estimate of drug-likeness (QED) is 0.290. The largest absolute Gasteiger partial charge is 1.00 e. The van der Waals surface area contributed by atoms with Crippen molar-refractivity contribution in [2.75, 3.05) is 13.3 Å². The molecule has 1 unspecified atom stereocenters. The van der Waals surface area contributed by atoms with E-state index in [2.05, 4.69) is 10.6 Å². The average molecular weight is 426 g/mol. The van der Waals surface area contributed by atoms with Crippen molar-refractivity contribution in [2.45, 2.75) is 44.8 Å². The van der Waals surface area contributed by atoms with Crippen LogP contribution >= 0.6 is 8.60 Å². The molecular formula is C17H21N2Na2O6P. The van der Waals surface area contributed by atoms with Crippen molar-refractivity contribution in [3.05, 3.63) is 29.3 Å². The Labute approximate surface area is 210 Å². The molecule has 1 atom stereocenters. The first kappa shape index (κ1) is 28.2. The number of hydrogen-bond acceptors (Lipinski definition) is 7. The summed E-state index contributed by atoms with van der Waals surface area (Å²) in [5, 5.41) is 16.7. The Kier molecular flexibility index (Phi) is 12.9. The molecule has 0 saturated carbocycles. The molecule has 2 aliphatic rings. The second-order valence-electron chi connectivity index (χ2n) is 6.62. The van der Waals surface area contributed by atoms with Crippen molar-refractivity contribution in [1.29, 1.82) is 5.26 Å². The second kappa shape index (κ2) is 12.8. The van der Waals surface area contributed by atoms with E-state index < -0.39 is 15.4 Å². The van der Waals surface area contributed by atoms with E-state index >= 15 is 0 Å². The number of ether oxygens (including phenoxy) is 1. The van der Waals surface area contributed by atoms with Crippen LogP contribution in [0.1, 0.15) is 50.3 Å². The number of amides is 1. The predicted molar refractivity (Wildman–Crippen MR) is 89.3 cm³/mol. The van der Waals surface area contributed by atoms with Crippen LogP contribution in [0.5, 0.6) is 5.75 Å². The molecule has 3 rings (SSSR count). The molecule has 0 aromatic heterocycles. The summed E-state index contributed by atoms with van der Waals surface area (Å²) in [5.41, 5.74) is 1.29. The molecule has 0 bridgehead atoms. The van der Waals surface area contributed by atoms with Crippen LogP contribution in [0.2, 0.25) is 0 Å². The van der Waals surface area contributed by atoms with Crippen molar-refractivity contribution in [2.24, 2.45) is 0 Å². The van der Waals surface area contributed by atoms with E-state index in [-0.39, 0.29) is 76.7 Å². The first-order valence-electron chi connectivity index (χ1n) is 8.18. The van der Waals surface area contributed by atoms with Crippen LogP contribution in [0.15, 0.2) is 18.2 Å². The maximum atomic E-state index is 12.1. The topological polar surface area (TPSA) is 129 Å².